The van der Waals surface area contributed by atoms with Crippen LogP contribution in [-0.4, -0.2) is 34.6 Å². The molecule has 2 aromatic rings. The summed E-state index contributed by atoms with van der Waals surface area (Å²) in [6, 6.07) is 4.29. The van der Waals surface area contributed by atoms with E-state index in [-0.39, 0.29) is 18.7 Å². The van der Waals surface area contributed by atoms with Crippen molar-refractivity contribution in [3.63, 3.8) is 0 Å². The number of rotatable bonds is 7. The molecule has 13 heteroatoms. The van der Waals surface area contributed by atoms with Crippen LogP contribution in [0.3, 0.4) is 0 Å². The fourth-order valence-corrected chi connectivity index (χ4v) is 3.33. The lowest BCUT2D eigenvalue weighted by molar-refractivity contribution is -0.395. The van der Waals surface area contributed by atoms with Gasteiger partial charge in [-0.1, -0.05) is 0 Å². The molecule has 0 fully saturated rings. The van der Waals surface area contributed by atoms with Crippen LogP contribution in [0.5, 0.6) is 0 Å². The molecule has 0 unspecified atom stereocenters. The number of nitrogens with zero attached hydrogens (tertiary/aromatic N) is 4. The zero-order chi connectivity index (χ0) is 20.4. The molecule has 0 bridgehead atoms. The molecule has 27 heavy (non-hydrogen) atoms. The molecule has 0 saturated carbocycles. The number of nitrogens with one attached hydrogen (secondary N) is 1. The predicted molar refractivity (Wildman–Crippen MR) is 92.9 cm³/mol. The van der Waals surface area contributed by atoms with E-state index >= 15 is 0 Å². The number of nitro benzene ring substituents is 2. The standard InChI is InChI=1S/C14H15N5O7S/c1-9-3-4-14(20)17(16-9)6-5-15-27(25,26)11-7-12(18(21)22)10(2)13(8-11)19(23)24/h3-4,7-8,15H,5-6H2,1-2H3. The van der Waals surface area contributed by atoms with Gasteiger partial charge in [0.05, 0.1) is 27.0 Å². The molecule has 0 aliphatic rings. The van der Waals surface area contributed by atoms with Crippen molar-refractivity contribution in [1.82, 2.24) is 14.5 Å². The second-order valence-corrected chi connectivity index (χ2v) is 7.30. The van der Waals surface area contributed by atoms with E-state index in [1.165, 1.54) is 12.1 Å². The Kier molecular flexibility index (Phi) is 5.66. The maximum absolute atomic E-state index is 12.4. The molecule has 1 aromatic heterocycles. The predicted octanol–water partition coefficient (Wildman–Crippen LogP) is 0.655. The fourth-order valence-electron chi connectivity index (χ4n) is 2.27. The third kappa shape index (κ3) is 4.51. The van der Waals surface area contributed by atoms with Crippen LogP contribution in [0.2, 0.25) is 0 Å². The monoisotopic (exact) mass is 397 g/mol. The molecule has 0 atom stereocenters. The van der Waals surface area contributed by atoms with Gasteiger partial charge in [0.25, 0.3) is 16.9 Å². The zero-order valence-electron chi connectivity index (χ0n) is 14.3. The lowest BCUT2D eigenvalue weighted by Crippen LogP contribution is -2.32. The summed E-state index contributed by atoms with van der Waals surface area (Å²) in [4.78, 5) is 31.4. The van der Waals surface area contributed by atoms with E-state index in [0.717, 1.165) is 23.7 Å². The van der Waals surface area contributed by atoms with Gasteiger partial charge >= 0.3 is 0 Å². The Morgan fingerprint density at radius 1 is 1.11 bits per heavy atom. The summed E-state index contributed by atoms with van der Waals surface area (Å²) in [5, 5.41) is 26.1. The number of hydrogen-bond acceptors (Lipinski definition) is 8. The molecule has 0 saturated heterocycles. The van der Waals surface area contributed by atoms with E-state index in [4.69, 9.17) is 0 Å². The van der Waals surface area contributed by atoms with Gasteiger partial charge in [-0.25, -0.2) is 17.8 Å². The number of hydrogen-bond donors (Lipinski definition) is 1. The van der Waals surface area contributed by atoms with Crippen molar-refractivity contribution in [2.75, 3.05) is 6.54 Å². The lowest BCUT2D eigenvalue weighted by Gasteiger charge is -2.09. The summed E-state index contributed by atoms with van der Waals surface area (Å²) in [6.45, 7) is 2.49. The molecular formula is C14H15N5O7S. The van der Waals surface area contributed by atoms with Crippen LogP contribution in [0.25, 0.3) is 0 Å². The van der Waals surface area contributed by atoms with Gasteiger partial charge < -0.3 is 0 Å². The van der Waals surface area contributed by atoms with Crippen molar-refractivity contribution in [3.05, 3.63) is 66.1 Å². The van der Waals surface area contributed by atoms with Gasteiger partial charge in [0.2, 0.25) is 10.0 Å². The molecule has 0 radical (unpaired) electrons. The molecule has 12 nitrogen and oxygen atoms in total. The van der Waals surface area contributed by atoms with Crippen LogP contribution >= 0.6 is 0 Å². The largest absolute Gasteiger partial charge is 0.280 e. The first-order valence-corrected chi connectivity index (χ1v) is 8.99. The Labute approximate surface area is 152 Å². The van der Waals surface area contributed by atoms with Gasteiger partial charge in [-0.05, 0) is 19.9 Å². The molecule has 2 rings (SSSR count). The highest BCUT2D eigenvalue weighted by Crippen LogP contribution is 2.31. The van der Waals surface area contributed by atoms with Gasteiger partial charge in [0.1, 0.15) is 5.56 Å². The van der Waals surface area contributed by atoms with Crippen LogP contribution in [0, 0.1) is 34.1 Å². The lowest BCUT2D eigenvalue weighted by atomic mass is 10.1. The highest BCUT2D eigenvalue weighted by atomic mass is 32.2. The fraction of sp³-hybridized carbons (Fsp3) is 0.286. The Morgan fingerprint density at radius 2 is 1.67 bits per heavy atom. The van der Waals surface area contributed by atoms with Crippen LogP contribution in [-0.2, 0) is 16.6 Å². The second-order valence-electron chi connectivity index (χ2n) is 5.53. The van der Waals surface area contributed by atoms with E-state index in [1.807, 2.05) is 0 Å². The second kappa shape index (κ2) is 7.59. The zero-order valence-corrected chi connectivity index (χ0v) is 15.1. The summed E-state index contributed by atoms with van der Waals surface area (Å²) in [7, 11) is -4.28. The summed E-state index contributed by atoms with van der Waals surface area (Å²) in [5.41, 5.74) is -1.48. The Hall–Kier alpha value is -3.19. The van der Waals surface area contributed by atoms with Gasteiger partial charge in [-0.2, -0.15) is 5.10 Å². The van der Waals surface area contributed by atoms with Crippen molar-refractivity contribution < 1.29 is 18.3 Å². The van der Waals surface area contributed by atoms with Crippen molar-refractivity contribution in [2.24, 2.45) is 0 Å². The Balaban J connectivity index is 2.30. The first-order valence-electron chi connectivity index (χ1n) is 7.51. The van der Waals surface area contributed by atoms with Crippen molar-refractivity contribution in [3.8, 4) is 0 Å². The summed E-state index contributed by atoms with van der Waals surface area (Å²) >= 11 is 0. The maximum Gasteiger partial charge on any atom is 0.280 e. The molecule has 1 aromatic carbocycles. The Bertz CT molecular complexity index is 1040. The van der Waals surface area contributed by atoms with E-state index in [0.29, 0.717) is 5.69 Å². The van der Waals surface area contributed by atoms with Gasteiger partial charge in [0, 0.05) is 24.7 Å². The average molecular weight is 397 g/mol. The van der Waals surface area contributed by atoms with Gasteiger partial charge in [-0.15, -0.1) is 0 Å². The van der Waals surface area contributed by atoms with Gasteiger partial charge in [-0.3, -0.25) is 25.0 Å². The quantitative estimate of drug-likeness (QED) is 0.525. The molecule has 1 heterocycles. The molecular weight excluding hydrogens is 382 g/mol. The first-order chi connectivity index (χ1) is 12.5. The Morgan fingerprint density at radius 3 is 2.19 bits per heavy atom. The first kappa shape index (κ1) is 20.1. The average Bonchev–Trinajstić information content (AvgIpc) is 2.57. The van der Waals surface area contributed by atoms with Gasteiger partial charge in [0.15, 0.2) is 0 Å². The van der Waals surface area contributed by atoms with Crippen molar-refractivity contribution >= 4 is 21.4 Å². The van der Waals surface area contributed by atoms with E-state index < -0.39 is 41.7 Å². The van der Waals surface area contributed by atoms with Crippen molar-refractivity contribution in [1.29, 1.82) is 0 Å². The summed E-state index contributed by atoms with van der Waals surface area (Å²) in [5.74, 6) is 0. The minimum atomic E-state index is -4.28. The van der Waals surface area contributed by atoms with E-state index in [9.17, 15) is 33.4 Å². The smallest absolute Gasteiger partial charge is 0.268 e. The molecule has 0 aliphatic carbocycles. The third-order valence-corrected chi connectivity index (χ3v) is 5.09. The molecule has 144 valence electrons. The molecule has 0 spiro atoms. The van der Waals surface area contributed by atoms with E-state index in [2.05, 4.69) is 9.82 Å². The molecule has 0 aliphatic heterocycles. The highest BCUT2D eigenvalue weighted by molar-refractivity contribution is 7.89. The van der Waals surface area contributed by atoms with Crippen molar-refractivity contribution in [2.45, 2.75) is 25.3 Å². The molecule has 1 N–H and O–H groups in total. The van der Waals surface area contributed by atoms with Crippen LogP contribution in [0.1, 0.15) is 11.3 Å². The number of nitro groups is 2. The SMILES string of the molecule is Cc1ccc(=O)n(CCNS(=O)(=O)c2cc([N+](=O)[O-])c(C)c([N+](=O)[O-])c2)n1. The number of aryl methyl sites for hydroxylation is 1. The number of benzene rings is 1. The van der Waals surface area contributed by atoms with Crippen LogP contribution < -0.4 is 10.3 Å². The minimum Gasteiger partial charge on any atom is -0.268 e. The van der Waals surface area contributed by atoms with Crippen LogP contribution in [0.15, 0.2) is 34.0 Å². The summed E-state index contributed by atoms with van der Waals surface area (Å²) in [6.07, 6.45) is 0. The normalized spacial score (nSPS) is 11.3. The van der Waals surface area contributed by atoms with E-state index in [1.54, 1.807) is 6.92 Å². The minimum absolute atomic E-state index is 0.0875. The molecule has 0 amide bonds. The maximum atomic E-state index is 12.4. The van der Waals surface area contributed by atoms with Crippen LogP contribution in [0.4, 0.5) is 11.4 Å². The topological polar surface area (TPSA) is 167 Å². The highest BCUT2D eigenvalue weighted by Gasteiger charge is 2.27. The summed E-state index contributed by atoms with van der Waals surface area (Å²) < 4.78 is 27.9. The number of sulfonamides is 1. The third-order valence-electron chi connectivity index (χ3n) is 3.65. The number of aromatic nitrogens is 2.